The molecule has 112 valence electrons. The zero-order valence-electron chi connectivity index (χ0n) is 12.5. The highest BCUT2D eigenvalue weighted by Gasteiger charge is 2.49. The van der Waals surface area contributed by atoms with Gasteiger partial charge < -0.3 is 10.1 Å². The van der Waals surface area contributed by atoms with E-state index in [-0.39, 0.29) is 17.3 Å². The Morgan fingerprint density at radius 1 is 1.45 bits per heavy atom. The van der Waals surface area contributed by atoms with Crippen molar-refractivity contribution >= 4 is 17.3 Å². The fraction of sp³-hybridized carbons (Fsp3) is 0.625. The molecule has 20 heavy (non-hydrogen) atoms. The summed E-state index contributed by atoms with van der Waals surface area (Å²) < 4.78 is 19.0. The molecule has 1 saturated carbocycles. The van der Waals surface area contributed by atoms with Gasteiger partial charge in [0.15, 0.2) is 0 Å². The van der Waals surface area contributed by atoms with Crippen LogP contribution in [0.15, 0.2) is 18.2 Å². The van der Waals surface area contributed by atoms with E-state index < -0.39 is 0 Å². The molecular weight excluding hydrogens is 277 g/mol. The molecule has 0 radical (unpaired) electrons. The molecule has 2 nitrogen and oxygen atoms in total. The predicted molar refractivity (Wildman–Crippen MR) is 81.8 cm³/mol. The third-order valence-corrected chi connectivity index (χ3v) is 4.38. The maximum atomic E-state index is 13.0. The first kappa shape index (κ1) is 15.6. The Hall–Kier alpha value is -0.800. The van der Waals surface area contributed by atoms with Gasteiger partial charge in [0.25, 0.3) is 0 Å². The minimum Gasteiger partial charge on any atom is -0.380 e. The van der Waals surface area contributed by atoms with E-state index in [2.05, 4.69) is 33.0 Å². The van der Waals surface area contributed by atoms with Crippen LogP contribution in [0.2, 0.25) is 5.02 Å². The van der Waals surface area contributed by atoms with Crippen molar-refractivity contribution in [2.45, 2.75) is 46.3 Å². The molecule has 2 atom stereocenters. The lowest BCUT2D eigenvalue weighted by Crippen LogP contribution is -2.58. The van der Waals surface area contributed by atoms with Gasteiger partial charge in [-0.3, -0.25) is 0 Å². The average Bonchev–Trinajstić information content (AvgIpc) is 2.34. The summed E-state index contributed by atoms with van der Waals surface area (Å²) >= 11 is 6.05. The van der Waals surface area contributed by atoms with Gasteiger partial charge in [-0.2, -0.15) is 0 Å². The summed E-state index contributed by atoms with van der Waals surface area (Å²) in [6, 6.07) is 4.74. The van der Waals surface area contributed by atoms with Crippen molar-refractivity contribution in [3.8, 4) is 0 Å². The molecule has 1 aliphatic carbocycles. The van der Waals surface area contributed by atoms with Crippen molar-refractivity contribution in [2.75, 3.05) is 11.9 Å². The Bertz CT molecular complexity index is 476. The normalized spacial score (nSPS) is 24.6. The lowest BCUT2D eigenvalue weighted by molar-refractivity contribution is -0.108. The molecule has 0 saturated heterocycles. The molecule has 0 aliphatic heterocycles. The number of anilines is 1. The molecule has 2 unspecified atom stereocenters. The van der Waals surface area contributed by atoms with Gasteiger partial charge in [-0.25, -0.2) is 4.39 Å². The molecule has 1 aliphatic rings. The minimum absolute atomic E-state index is 0.0482. The van der Waals surface area contributed by atoms with Crippen LogP contribution in [0, 0.1) is 17.2 Å². The Labute approximate surface area is 125 Å². The fourth-order valence-electron chi connectivity index (χ4n) is 2.52. The van der Waals surface area contributed by atoms with Crippen molar-refractivity contribution in [3.63, 3.8) is 0 Å². The molecule has 0 amide bonds. The Kier molecular flexibility index (Phi) is 4.60. The molecule has 0 aromatic heterocycles. The summed E-state index contributed by atoms with van der Waals surface area (Å²) in [6.45, 7) is 9.48. The van der Waals surface area contributed by atoms with Crippen molar-refractivity contribution in [1.29, 1.82) is 0 Å². The number of nitrogens with one attached hydrogen (secondary N) is 1. The van der Waals surface area contributed by atoms with E-state index in [1.54, 1.807) is 6.07 Å². The Morgan fingerprint density at radius 2 is 2.15 bits per heavy atom. The summed E-state index contributed by atoms with van der Waals surface area (Å²) in [6.07, 6.45) is 1.22. The van der Waals surface area contributed by atoms with E-state index in [9.17, 15) is 4.39 Å². The smallest absolute Gasteiger partial charge is 0.124 e. The first-order chi connectivity index (χ1) is 9.30. The molecule has 1 N–H and O–H groups in total. The lowest BCUT2D eigenvalue weighted by atomic mass is 9.64. The first-order valence-corrected chi connectivity index (χ1v) is 7.51. The van der Waals surface area contributed by atoms with Gasteiger partial charge in [0.1, 0.15) is 5.82 Å². The highest BCUT2D eigenvalue weighted by Crippen LogP contribution is 2.45. The quantitative estimate of drug-likeness (QED) is 0.848. The second-order valence-electron chi connectivity index (χ2n) is 6.59. The topological polar surface area (TPSA) is 21.3 Å². The molecule has 1 aromatic carbocycles. The summed E-state index contributed by atoms with van der Waals surface area (Å²) in [5, 5.41) is 3.83. The van der Waals surface area contributed by atoms with E-state index >= 15 is 0 Å². The Balaban J connectivity index is 1.95. The standard InChI is InChI=1S/C16H23ClFNO/c1-10(2)9-20-15-8-14(16(15,3)4)19-13-6-5-11(18)7-12(13)17/h5-7,10,14-15,19H,8-9H2,1-4H3. The summed E-state index contributed by atoms with van der Waals surface area (Å²) in [5.74, 6) is 0.232. The SMILES string of the molecule is CC(C)COC1CC(Nc2ccc(F)cc2Cl)C1(C)C. The molecule has 2 rings (SSSR count). The lowest BCUT2D eigenvalue weighted by Gasteiger charge is -2.52. The van der Waals surface area contributed by atoms with Crippen LogP contribution in [-0.4, -0.2) is 18.8 Å². The van der Waals surface area contributed by atoms with E-state index in [0.29, 0.717) is 17.0 Å². The van der Waals surface area contributed by atoms with E-state index in [4.69, 9.17) is 16.3 Å². The molecule has 0 spiro atoms. The van der Waals surface area contributed by atoms with Crippen LogP contribution in [0.25, 0.3) is 0 Å². The fourth-order valence-corrected chi connectivity index (χ4v) is 2.74. The molecule has 4 heteroatoms. The second-order valence-corrected chi connectivity index (χ2v) is 7.00. The molecule has 0 heterocycles. The van der Waals surface area contributed by atoms with Crippen LogP contribution < -0.4 is 5.32 Å². The van der Waals surface area contributed by atoms with Gasteiger partial charge in [-0.15, -0.1) is 0 Å². The zero-order valence-corrected chi connectivity index (χ0v) is 13.3. The maximum absolute atomic E-state index is 13.0. The molecule has 1 aromatic rings. The van der Waals surface area contributed by atoms with Gasteiger partial charge in [-0.1, -0.05) is 39.3 Å². The average molecular weight is 300 g/mol. The Morgan fingerprint density at radius 3 is 2.70 bits per heavy atom. The predicted octanol–water partition coefficient (Wildman–Crippen LogP) is 4.73. The highest BCUT2D eigenvalue weighted by atomic mass is 35.5. The third kappa shape index (κ3) is 3.26. The van der Waals surface area contributed by atoms with E-state index in [0.717, 1.165) is 18.7 Å². The summed E-state index contributed by atoms with van der Waals surface area (Å²) in [7, 11) is 0. The number of rotatable bonds is 5. The number of halogens is 2. The van der Waals surface area contributed by atoms with Gasteiger partial charge in [0.05, 0.1) is 16.8 Å². The van der Waals surface area contributed by atoms with Crippen molar-refractivity contribution < 1.29 is 9.13 Å². The number of benzene rings is 1. The van der Waals surface area contributed by atoms with Crippen LogP contribution in [0.5, 0.6) is 0 Å². The third-order valence-electron chi connectivity index (χ3n) is 4.07. The van der Waals surface area contributed by atoms with Crippen molar-refractivity contribution in [1.82, 2.24) is 0 Å². The number of hydrogen-bond donors (Lipinski definition) is 1. The second kappa shape index (κ2) is 5.90. The van der Waals surface area contributed by atoms with Gasteiger partial charge in [-0.05, 0) is 30.5 Å². The van der Waals surface area contributed by atoms with Crippen LogP contribution in [0.3, 0.4) is 0 Å². The first-order valence-electron chi connectivity index (χ1n) is 7.14. The van der Waals surface area contributed by atoms with Gasteiger partial charge in [0, 0.05) is 18.1 Å². The van der Waals surface area contributed by atoms with Crippen molar-refractivity contribution in [3.05, 3.63) is 29.0 Å². The summed E-state index contributed by atoms with van der Waals surface area (Å²) in [5.41, 5.74) is 0.834. The maximum Gasteiger partial charge on any atom is 0.124 e. The van der Waals surface area contributed by atoms with Crippen molar-refractivity contribution in [2.24, 2.45) is 11.3 Å². The summed E-state index contributed by atoms with van der Waals surface area (Å²) in [4.78, 5) is 0. The molecular formula is C16H23ClFNO. The number of hydrogen-bond acceptors (Lipinski definition) is 2. The molecule has 1 fully saturated rings. The van der Waals surface area contributed by atoms with Crippen LogP contribution in [-0.2, 0) is 4.74 Å². The monoisotopic (exact) mass is 299 g/mol. The van der Waals surface area contributed by atoms with Crippen LogP contribution >= 0.6 is 11.6 Å². The van der Waals surface area contributed by atoms with Crippen LogP contribution in [0.4, 0.5) is 10.1 Å². The van der Waals surface area contributed by atoms with Gasteiger partial charge >= 0.3 is 0 Å². The largest absolute Gasteiger partial charge is 0.380 e. The number of ether oxygens (including phenoxy) is 1. The molecule has 0 bridgehead atoms. The minimum atomic E-state index is -0.313. The van der Waals surface area contributed by atoms with Crippen LogP contribution in [0.1, 0.15) is 34.1 Å². The van der Waals surface area contributed by atoms with E-state index in [1.165, 1.54) is 12.1 Å². The highest BCUT2D eigenvalue weighted by molar-refractivity contribution is 6.33. The van der Waals surface area contributed by atoms with E-state index in [1.807, 2.05) is 0 Å². The van der Waals surface area contributed by atoms with Gasteiger partial charge in [0.2, 0.25) is 0 Å². The zero-order chi connectivity index (χ0) is 14.9.